The highest BCUT2D eigenvalue weighted by molar-refractivity contribution is 8.01. The van der Waals surface area contributed by atoms with Gasteiger partial charge < -0.3 is 50.4 Å². The van der Waals surface area contributed by atoms with E-state index in [9.17, 15) is 40.0 Å². The summed E-state index contributed by atoms with van der Waals surface area (Å²) >= 11 is 18.7. The second-order valence-electron chi connectivity index (χ2n) is 31.5. The van der Waals surface area contributed by atoms with Crippen molar-refractivity contribution in [3.8, 4) is 11.5 Å². The molecule has 17 rings (SSSR count). The van der Waals surface area contributed by atoms with Gasteiger partial charge in [-0.25, -0.2) is 9.59 Å². The fourth-order valence-corrected chi connectivity index (χ4v) is 26.8. The van der Waals surface area contributed by atoms with Crippen LogP contribution >= 0.6 is 104 Å². The highest BCUT2D eigenvalue weighted by atomic mass is 35.5. The van der Waals surface area contributed by atoms with E-state index in [1.807, 2.05) is 191 Å². The van der Waals surface area contributed by atoms with Crippen molar-refractivity contribution in [3.63, 3.8) is 0 Å². The van der Waals surface area contributed by atoms with Gasteiger partial charge in [0.25, 0.3) is 11.8 Å². The maximum absolute atomic E-state index is 13.6. The van der Waals surface area contributed by atoms with Gasteiger partial charge in [0, 0.05) is 89.1 Å². The smallest absolute Gasteiger partial charge is 0.348 e. The van der Waals surface area contributed by atoms with Crippen LogP contribution in [0.4, 0.5) is 0 Å². The molecule has 131 heavy (non-hydrogen) atoms. The first-order valence-corrected chi connectivity index (χ1v) is 50.8. The zero-order valence-corrected chi connectivity index (χ0v) is 80.6. The summed E-state index contributed by atoms with van der Waals surface area (Å²) in [5, 5.41) is 61.2. The second kappa shape index (κ2) is 47.3. The van der Waals surface area contributed by atoms with Crippen LogP contribution in [0.25, 0.3) is 0 Å². The summed E-state index contributed by atoms with van der Waals surface area (Å²) in [5.74, 6) is 4.48. The van der Waals surface area contributed by atoms with Crippen molar-refractivity contribution in [2.24, 2.45) is 20.6 Å². The van der Waals surface area contributed by atoms with E-state index in [2.05, 4.69) is 110 Å². The topological polar surface area (TPSA) is 260 Å². The molecule has 4 atom stereocenters. The Morgan fingerprint density at radius 1 is 0.366 bits per heavy atom. The van der Waals surface area contributed by atoms with Crippen LogP contribution in [-0.2, 0) is 64.7 Å². The molecule has 4 aliphatic carbocycles. The van der Waals surface area contributed by atoms with Crippen molar-refractivity contribution in [2.45, 2.75) is 149 Å². The number of fused-ring (bicyclic) bond motifs is 4. The van der Waals surface area contributed by atoms with Gasteiger partial charge >= 0.3 is 11.9 Å². The number of benzene rings is 9. The van der Waals surface area contributed by atoms with Gasteiger partial charge in [0.2, 0.25) is 0 Å². The van der Waals surface area contributed by atoms with E-state index in [0.29, 0.717) is 107 Å². The number of nitrogens with zero attached hydrogens (tertiary/aromatic N) is 4. The first kappa shape index (κ1) is 95.9. The first-order chi connectivity index (χ1) is 64.0. The number of thiophene rings is 4. The van der Waals surface area contributed by atoms with Crippen molar-refractivity contribution in [1.29, 1.82) is 0 Å². The first-order valence-electron chi connectivity index (χ1n) is 43.2. The van der Waals surface area contributed by atoms with Crippen LogP contribution < -0.4 is 20.1 Å². The highest BCUT2D eigenvalue weighted by Crippen LogP contribution is 2.51. The van der Waals surface area contributed by atoms with Crippen LogP contribution in [0.5, 0.6) is 11.5 Å². The summed E-state index contributed by atoms with van der Waals surface area (Å²) in [7, 11) is 3.30. The maximum Gasteiger partial charge on any atom is 0.348 e. The average molecular weight is 1920 g/mol. The number of halogens is 1. The molecule has 4 unspecified atom stereocenters. The summed E-state index contributed by atoms with van der Waals surface area (Å²) in [5.41, 5.74) is 21.6. The summed E-state index contributed by atoms with van der Waals surface area (Å²) in [6.45, 7) is 9.27. The molecule has 0 saturated heterocycles. The van der Waals surface area contributed by atoms with Gasteiger partial charge in [-0.1, -0.05) is 250 Å². The van der Waals surface area contributed by atoms with Crippen molar-refractivity contribution < 1.29 is 59.0 Å². The molecular formula is C104H101ClN6O12S8. The molecule has 0 saturated carbocycles. The van der Waals surface area contributed by atoms with Crippen molar-refractivity contribution >= 4 is 151 Å². The van der Waals surface area contributed by atoms with E-state index in [-0.39, 0.29) is 47.4 Å². The average Bonchev–Trinajstić information content (AvgIpc) is 1.63. The standard InChI is InChI=1S/C31H30N2O3S2.C25H26N2O3S2.C24H22ClNO3S2.C24H23NO3S2/c1-20-7-6-10-22(15-20)18-32-30(34)29-26-16-24(23-11-13-25(36-2)14-12-23)17-27(33-35)28(26)31(38-29)37-19-21-8-4-3-5-9-21;1-3-26-24(28)23-20-13-18(17-9-11-19(30-2)12-10-17)14-21(27-29)22(20)25(32-23)31-15-16-7-5-4-6-8-16;1-2-29-23(27)22-19-12-17(16-8-10-18(25)11-9-16)13-20(26-28)21(19)24(31-22)30-14-15-6-4-3-5-7-15;1-2-28-23(26)22-19-13-18(17-11-7-4-8-12-17)14-20(25-27)21(19)24(30-22)29-15-16-9-5-3-6-10-16/h3-15,24,35H,16-19H2,1-2H3,(H,32,34);4-12,18,29H,3,13-15H2,1-2H3,(H,26,28);3-11,17,28H,2,12-14H2,1H3;3-12,18,27H,2,13-15H2,1H3/b33-27+;27-21+;26-20+;25-20+. The van der Waals surface area contributed by atoms with E-state index in [1.165, 1.54) is 73.2 Å². The number of oxime groups is 4. The molecule has 674 valence electrons. The van der Waals surface area contributed by atoms with Crippen LogP contribution in [0, 0.1) is 6.92 Å². The Kier molecular flexibility index (Phi) is 34.6. The zero-order valence-electron chi connectivity index (χ0n) is 73.3. The summed E-state index contributed by atoms with van der Waals surface area (Å²) in [4.78, 5) is 54.6. The van der Waals surface area contributed by atoms with Crippen molar-refractivity contribution in [3.05, 3.63) is 373 Å². The Labute approximate surface area is 802 Å². The zero-order chi connectivity index (χ0) is 91.7. The molecular weight excluding hydrogens is 1820 g/mol. The molecule has 0 bridgehead atoms. The number of thioether (sulfide) groups is 4. The summed E-state index contributed by atoms with van der Waals surface area (Å²) in [6, 6.07) is 83.0. The maximum atomic E-state index is 13.6. The van der Waals surface area contributed by atoms with E-state index < -0.39 is 0 Å². The number of ether oxygens (including phenoxy) is 4. The van der Waals surface area contributed by atoms with Gasteiger partial charge in [0.15, 0.2) is 0 Å². The Hall–Kier alpha value is -11.2. The number of aryl methyl sites for hydroxylation is 1. The lowest BCUT2D eigenvalue weighted by Crippen LogP contribution is -2.25. The molecule has 27 heteroatoms. The van der Waals surface area contributed by atoms with Crippen LogP contribution in [0.15, 0.2) is 286 Å². The number of methoxy groups -OCH3 is 2. The number of hydrogen-bond acceptors (Lipinski definition) is 24. The molecule has 4 aromatic heterocycles. The molecule has 9 aromatic carbocycles. The monoisotopic (exact) mass is 1920 g/mol. The lowest BCUT2D eigenvalue weighted by molar-refractivity contribution is 0.0521. The molecule has 4 heterocycles. The third-order valence-corrected chi connectivity index (χ3v) is 33.4. The minimum atomic E-state index is -0.315. The van der Waals surface area contributed by atoms with Gasteiger partial charge in [-0.2, -0.15) is 0 Å². The van der Waals surface area contributed by atoms with Gasteiger partial charge in [0.1, 0.15) is 21.3 Å². The third kappa shape index (κ3) is 24.2. The predicted molar refractivity (Wildman–Crippen MR) is 535 cm³/mol. The summed E-state index contributed by atoms with van der Waals surface area (Å²) in [6.07, 6.45) is 5.33. The number of rotatable bonds is 27. The highest BCUT2D eigenvalue weighted by Gasteiger charge is 2.39. The van der Waals surface area contributed by atoms with Crippen LogP contribution in [0.2, 0.25) is 5.02 Å². The minimum absolute atomic E-state index is 0.0621. The molecule has 2 amide bonds. The van der Waals surface area contributed by atoms with Gasteiger partial charge in [-0.15, -0.1) is 92.4 Å². The number of carbonyl (C=O) groups excluding carboxylic acids is 4. The summed E-state index contributed by atoms with van der Waals surface area (Å²) < 4.78 is 25.3. The third-order valence-electron chi connectivity index (χ3n) is 22.9. The number of nitrogens with one attached hydrogen (secondary N) is 2. The van der Waals surface area contributed by atoms with Crippen molar-refractivity contribution in [1.82, 2.24) is 10.6 Å². The Balaban J connectivity index is 0.000000141. The van der Waals surface area contributed by atoms with Gasteiger partial charge in [-0.05, 0) is 186 Å². The van der Waals surface area contributed by atoms with Crippen LogP contribution in [0.3, 0.4) is 0 Å². The lowest BCUT2D eigenvalue weighted by Gasteiger charge is -2.25. The molecule has 18 nitrogen and oxygen atoms in total. The Morgan fingerprint density at radius 2 is 0.656 bits per heavy atom. The normalized spacial score (nSPS) is 16.5. The van der Waals surface area contributed by atoms with Gasteiger partial charge in [-0.3, -0.25) is 9.59 Å². The molecule has 0 radical (unpaired) electrons. The van der Waals surface area contributed by atoms with Crippen molar-refractivity contribution in [2.75, 3.05) is 34.0 Å². The van der Waals surface area contributed by atoms with Gasteiger partial charge in [0.05, 0.1) is 76.9 Å². The van der Waals surface area contributed by atoms with E-state index in [0.717, 1.165) is 141 Å². The molecule has 4 aliphatic rings. The second-order valence-corrected chi connectivity index (χ2v) is 41.0. The fourth-order valence-electron chi connectivity index (χ4n) is 16.6. The molecule has 13 aromatic rings. The number of hydrogen-bond donors (Lipinski definition) is 6. The molecule has 6 N–H and O–H groups in total. The Morgan fingerprint density at radius 3 is 0.962 bits per heavy atom. The Bertz CT molecular complexity index is 6190. The van der Waals surface area contributed by atoms with Crippen LogP contribution in [-0.4, -0.2) is 101 Å². The van der Waals surface area contributed by atoms with E-state index >= 15 is 0 Å². The predicted octanol–water partition coefficient (Wildman–Crippen LogP) is 25.8. The SMILES string of the molecule is CCNC(=O)c1sc(SCc2ccccc2)c2c1CC(c1ccc(OC)cc1)C/C2=N\O.CCOC(=O)c1sc(SCc2ccccc2)c2c1CC(c1ccc(Cl)cc1)C/C2=N\O.CCOC(=O)c1sc(SCc2ccccc2)c2c1CC(c1ccccc1)C/C2=N\O.COc1ccc(C2C/C(=N\O)c3c(SCc4ccccc4)sc(C(=O)NCc4cccc(C)c4)c3C2)cc1. The fraction of sp³-hybridized carbons (Fsp3) is 0.250. The van der Waals surface area contributed by atoms with E-state index in [4.69, 9.17) is 30.5 Å². The number of carbonyl (C=O) groups is 4. The van der Waals surface area contributed by atoms with Crippen LogP contribution in [0.1, 0.15) is 209 Å². The molecule has 0 spiro atoms. The number of amides is 2. The molecule has 0 fully saturated rings. The quantitative estimate of drug-likeness (QED) is 0.0121. The minimum Gasteiger partial charge on any atom is -0.497 e. The number of esters is 2. The lowest BCUT2D eigenvalue weighted by atomic mass is 9.80. The largest absolute Gasteiger partial charge is 0.497 e. The molecule has 0 aliphatic heterocycles. The van der Waals surface area contributed by atoms with E-state index in [1.54, 1.807) is 68.2 Å².